The van der Waals surface area contributed by atoms with Crippen LogP contribution in [0.3, 0.4) is 0 Å². The Morgan fingerprint density at radius 1 is 1.16 bits per heavy atom. The maximum absolute atomic E-state index is 3.78. The summed E-state index contributed by atoms with van der Waals surface area (Å²) in [5.41, 5.74) is 0. The van der Waals surface area contributed by atoms with Gasteiger partial charge in [-0.1, -0.05) is 26.7 Å². The summed E-state index contributed by atoms with van der Waals surface area (Å²) in [7, 11) is 0. The molecule has 2 nitrogen and oxygen atoms in total. The Morgan fingerprint density at radius 2 is 1.95 bits per heavy atom. The number of likely N-dealkylation sites (tertiary alicyclic amines) is 1. The lowest BCUT2D eigenvalue weighted by Crippen LogP contribution is -2.52. The van der Waals surface area contributed by atoms with Crippen LogP contribution in [0.2, 0.25) is 0 Å². The Hall–Kier alpha value is -0.0800. The quantitative estimate of drug-likeness (QED) is 0.721. The second kappa shape index (κ2) is 7.64. The minimum atomic E-state index is 0.747. The number of nitrogens with zero attached hydrogens (tertiary/aromatic N) is 1. The van der Waals surface area contributed by atoms with E-state index in [4.69, 9.17) is 0 Å². The van der Waals surface area contributed by atoms with Crippen LogP contribution in [0.4, 0.5) is 0 Å². The van der Waals surface area contributed by atoms with Crippen LogP contribution in [0.15, 0.2) is 0 Å². The smallest absolute Gasteiger partial charge is 0.0198 e. The molecule has 0 amide bonds. The Labute approximate surface area is 120 Å². The van der Waals surface area contributed by atoms with Crippen molar-refractivity contribution in [1.29, 1.82) is 0 Å². The lowest BCUT2D eigenvalue weighted by molar-refractivity contribution is 0.0900. The van der Waals surface area contributed by atoms with Crippen molar-refractivity contribution in [2.24, 2.45) is 11.8 Å². The molecule has 3 unspecified atom stereocenters. The minimum Gasteiger partial charge on any atom is -0.313 e. The predicted molar refractivity (Wildman–Crippen MR) is 83.5 cm³/mol. The van der Waals surface area contributed by atoms with Crippen molar-refractivity contribution in [2.45, 2.75) is 77.8 Å². The van der Waals surface area contributed by atoms with Crippen molar-refractivity contribution in [1.82, 2.24) is 10.2 Å². The van der Waals surface area contributed by atoms with Crippen molar-refractivity contribution >= 4 is 0 Å². The summed E-state index contributed by atoms with van der Waals surface area (Å²) in [5, 5.41) is 3.78. The Morgan fingerprint density at radius 3 is 2.58 bits per heavy atom. The molecule has 2 heteroatoms. The van der Waals surface area contributed by atoms with Gasteiger partial charge in [-0.15, -0.1) is 0 Å². The predicted octanol–water partition coefficient (Wildman–Crippen LogP) is 3.67. The fourth-order valence-electron chi connectivity index (χ4n) is 3.65. The van der Waals surface area contributed by atoms with E-state index in [1.54, 1.807) is 0 Å². The van der Waals surface area contributed by atoms with E-state index < -0.39 is 0 Å². The van der Waals surface area contributed by atoms with Crippen LogP contribution in [0.5, 0.6) is 0 Å². The second-order valence-electron chi connectivity index (χ2n) is 6.93. The van der Waals surface area contributed by atoms with Gasteiger partial charge < -0.3 is 5.32 Å². The van der Waals surface area contributed by atoms with E-state index in [-0.39, 0.29) is 0 Å². The number of hydrogen-bond donors (Lipinski definition) is 1. The van der Waals surface area contributed by atoms with Gasteiger partial charge in [-0.25, -0.2) is 0 Å². The molecule has 112 valence electrons. The van der Waals surface area contributed by atoms with Gasteiger partial charge in [-0.05, 0) is 57.4 Å². The molecule has 1 heterocycles. The van der Waals surface area contributed by atoms with Gasteiger partial charge in [0.15, 0.2) is 0 Å². The number of rotatable bonds is 8. The molecule has 2 aliphatic rings. The van der Waals surface area contributed by atoms with Crippen molar-refractivity contribution in [3.05, 3.63) is 0 Å². The van der Waals surface area contributed by atoms with Gasteiger partial charge in [0.25, 0.3) is 0 Å². The Bertz CT molecular complexity index is 234. The van der Waals surface area contributed by atoms with E-state index in [1.165, 1.54) is 64.6 Å². The zero-order valence-corrected chi connectivity index (χ0v) is 13.3. The van der Waals surface area contributed by atoms with Gasteiger partial charge in [0.05, 0.1) is 0 Å². The van der Waals surface area contributed by atoms with Gasteiger partial charge in [-0.2, -0.15) is 0 Å². The molecule has 19 heavy (non-hydrogen) atoms. The fraction of sp³-hybridized carbons (Fsp3) is 1.00. The van der Waals surface area contributed by atoms with Crippen molar-refractivity contribution in [3.63, 3.8) is 0 Å². The number of piperidine rings is 1. The van der Waals surface area contributed by atoms with Crippen molar-refractivity contribution < 1.29 is 0 Å². The van der Waals surface area contributed by atoms with E-state index in [0.29, 0.717) is 0 Å². The highest BCUT2D eigenvalue weighted by atomic mass is 15.2. The maximum atomic E-state index is 3.78. The molecule has 0 aromatic carbocycles. The SMILES string of the molecule is CCCCC1CC(NCCC)CN(C(C)C2CC2)C1. The van der Waals surface area contributed by atoms with Crippen LogP contribution in [-0.2, 0) is 0 Å². The minimum absolute atomic E-state index is 0.747. The molecule has 1 aliphatic heterocycles. The summed E-state index contributed by atoms with van der Waals surface area (Å²) < 4.78 is 0. The first kappa shape index (κ1) is 15.3. The molecule has 0 bridgehead atoms. The molecule has 2 rings (SSSR count). The largest absolute Gasteiger partial charge is 0.313 e. The second-order valence-corrected chi connectivity index (χ2v) is 6.93. The number of unbranched alkanes of at least 4 members (excludes halogenated alkanes) is 1. The average Bonchev–Trinajstić information content (AvgIpc) is 3.26. The van der Waals surface area contributed by atoms with Crippen LogP contribution >= 0.6 is 0 Å². The van der Waals surface area contributed by atoms with Gasteiger partial charge in [0.1, 0.15) is 0 Å². The van der Waals surface area contributed by atoms with E-state index >= 15 is 0 Å². The van der Waals surface area contributed by atoms with E-state index in [9.17, 15) is 0 Å². The molecule has 1 saturated heterocycles. The van der Waals surface area contributed by atoms with Gasteiger partial charge in [0.2, 0.25) is 0 Å². The lowest BCUT2D eigenvalue weighted by atomic mass is 9.88. The van der Waals surface area contributed by atoms with Crippen molar-refractivity contribution in [3.8, 4) is 0 Å². The lowest BCUT2D eigenvalue weighted by Gasteiger charge is -2.41. The van der Waals surface area contributed by atoms with Crippen LogP contribution in [0.1, 0.15) is 65.7 Å². The first-order chi connectivity index (χ1) is 9.24. The Kier molecular flexibility index (Phi) is 6.15. The highest BCUT2D eigenvalue weighted by molar-refractivity contribution is 4.91. The summed E-state index contributed by atoms with van der Waals surface area (Å²) >= 11 is 0. The molecule has 3 atom stereocenters. The number of nitrogens with one attached hydrogen (secondary N) is 1. The molecular weight excluding hydrogens is 232 g/mol. The van der Waals surface area contributed by atoms with Gasteiger partial charge >= 0.3 is 0 Å². The molecular formula is C17H34N2. The van der Waals surface area contributed by atoms with Crippen LogP contribution in [0, 0.1) is 11.8 Å². The van der Waals surface area contributed by atoms with E-state index in [2.05, 4.69) is 31.0 Å². The highest BCUT2D eigenvalue weighted by Crippen LogP contribution is 2.37. The third kappa shape index (κ3) is 4.75. The summed E-state index contributed by atoms with van der Waals surface area (Å²) in [6.07, 6.45) is 9.82. The third-order valence-electron chi connectivity index (χ3n) is 5.09. The topological polar surface area (TPSA) is 15.3 Å². The fourth-order valence-corrected chi connectivity index (χ4v) is 3.65. The molecule has 1 saturated carbocycles. The third-order valence-corrected chi connectivity index (χ3v) is 5.09. The van der Waals surface area contributed by atoms with E-state index in [0.717, 1.165) is 23.9 Å². The monoisotopic (exact) mass is 266 g/mol. The van der Waals surface area contributed by atoms with Crippen LogP contribution < -0.4 is 5.32 Å². The summed E-state index contributed by atoms with van der Waals surface area (Å²) in [4.78, 5) is 2.80. The molecule has 0 spiro atoms. The van der Waals surface area contributed by atoms with Crippen LogP contribution in [-0.4, -0.2) is 36.6 Å². The van der Waals surface area contributed by atoms with Gasteiger partial charge in [-0.3, -0.25) is 4.90 Å². The number of hydrogen-bond acceptors (Lipinski definition) is 2. The summed E-state index contributed by atoms with van der Waals surface area (Å²) in [5.74, 6) is 1.95. The van der Waals surface area contributed by atoms with E-state index in [1.807, 2.05) is 0 Å². The Balaban J connectivity index is 1.86. The molecule has 0 radical (unpaired) electrons. The maximum Gasteiger partial charge on any atom is 0.0198 e. The molecule has 1 aliphatic carbocycles. The average molecular weight is 266 g/mol. The molecule has 2 fully saturated rings. The highest BCUT2D eigenvalue weighted by Gasteiger charge is 2.36. The first-order valence-corrected chi connectivity index (χ1v) is 8.72. The summed E-state index contributed by atoms with van der Waals surface area (Å²) in [6.45, 7) is 10.9. The summed E-state index contributed by atoms with van der Waals surface area (Å²) in [6, 6.07) is 1.58. The zero-order chi connectivity index (χ0) is 13.7. The van der Waals surface area contributed by atoms with Crippen LogP contribution in [0.25, 0.3) is 0 Å². The normalized spacial score (nSPS) is 30.5. The molecule has 1 N–H and O–H groups in total. The van der Waals surface area contributed by atoms with Crippen molar-refractivity contribution in [2.75, 3.05) is 19.6 Å². The molecule has 0 aromatic rings. The first-order valence-electron chi connectivity index (χ1n) is 8.72. The standard InChI is InChI=1S/C17H34N2/c1-4-6-7-15-11-17(18-10-5-2)13-19(12-15)14(3)16-8-9-16/h14-18H,4-13H2,1-3H3. The zero-order valence-electron chi connectivity index (χ0n) is 13.3. The molecule has 0 aromatic heterocycles. The van der Waals surface area contributed by atoms with Gasteiger partial charge in [0, 0.05) is 25.2 Å².